The Hall–Kier alpha value is -1.79. The van der Waals surface area contributed by atoms with Crippen LogP contribution in [0.25, 0.3) is 21.9 Å². The van der Waals surface area contributed by atoms with Gasteiger partial charge in [0.05, 0.1) is 0 Å². The van der Waals surface area contributed by atoms with Gasteiger partial charge in [0.1, 0.15) is 11.0 Å². The van der Waals surface area contributed by atoms with E-state index in [1.54, 1.807) is 16.3 Å². The maximum absolute atomic E-state index is 12.9. The van der Waals surface area contributed by atoms with E-state index in [-0.39, 0.29) is 5.56 Å². The first-order valence-electron chi connectivity index (χ1n) is 9.14. The highest BCUT2D eigenvalue weighted by molar-refractivity contribution is 7.99. The van der Waals surface area contributed by atoms with E-state index >= 15 is 0 Å². The quantitative estimate of drug-likeness (QED) is 0.562. The van der Waals surface area contributed by atoms with Gasteiger partial charge in [0.2, 0.25) is 0 Å². The number of nitrogens with zero attached hydrogens (tertiary/aromatic N) is 3. The molecule has 0 saturated carbocycles. The number of rotatable bonds is 5. The summed E-state index contributed by atoms with van der Waals surface area (Å²) in [6, 6.07) is 7.99. The predicted octanol–water partition coefficient (Wildman–Crippen LogP) is 3.48. The normalized spacial score (nSPS) is 16.0. The van der Waals surface area contributed by atoms with Gasteiger partial charge in [-0.3, -0.25) is 9.36 Å². The van der Waals surface area contributed by atoms with E-state index in [2.05, 4.69) is 9.88 Å². The lowest BCUT2D eigenvalue weighted by molar-refractivity contribution is 0.242. The molecule has 0 unspecified atom stereocenters. The average molecular weight is 356 g/mol. The van der Waals surface area contributed by atoms with Gasteiger partial charge in [0, 0.05) is 29.7 Å². The van der Waals surface area contributed by atoms with Gasteiger partial charge in [-0.1, -0.05) is 36.4 Å². The van der Waals surface area contributed by atoms with E-state index in [4.69, 9.17) is 4.98 Å². The molecule has 4 rings (SSSR count). The van der Waals surface area contributed by atoms with Crippen molar-refractivity contribution in [2.45, 2.75) is 37.9 Å². The van der Waals surface area contributed by atoms with Gasteiger partial charge in [-0.15, -0.1) is 0 Å². The van der Waals surface area contributed by atoms with Crippen molar-refractivity contribution in [3.8, 4) is 0 Å². The molecule has 6 heteroatoms. The molecule has 0 bridgehead atoms. The highest BCUT2D eigenvalue weighted by Crippen LogP contribution is 2.24. The number of thioether (sulfide) groups is 1. The maximum Gasteiger partial charge on any atom is 0.278 e. The number of piperidine rings is 1. The highest BCUT2D eigenvalue weighted by atomic mass is 32.2. The third kappa shape index (κ3) is 3.20. The molecule has 5 nitrogen and oxygen atoms in total. The van der Waals surface area contributed by atoms with E-state index < -0.39 is 0 Å². The second-order valence-corrected chi connectivity index (χ2v) is 7.65. The number of nitrogens with one attached hydrogen (secondary N) is 1. The Labute approximate surface area is 151 Å². The number of aromatic nitrogens is 3. The van der Waals surface area contributed by atoms with E-state index in [0.29, 0.717) is 12.1 Å². The van der Waals surface area contributed by atoms with Gasteiger partial charge < -0.3 is 9.88 Å². The topological polar surface area (TPSA) is 53.9 Å². The van der Waals surface area contributed by atoms with Crippen LogP contribution in [0.3, 0.4) is 0 Å². The zero-order valence-electron chi connectivity index (χ0n) is 14.6. The van der Waals surface area contributed by atoms with E-state index in [0.717, 1.165) is 33.9 Å². The molecule has 132 valence electrons. The van der Waals surface area contributed by atoms with Crippen LogP contribution in [-0.2, 0) is 6.54 Å². The van der Waals surface area contributed by atoms with Crippen molar-refractivity contribution in [3.05, 3.63) is 34.6 Å². The Kier molecular flexibility index (Phi) is 4.81. The Bertz CT molecular complexity index is 940. The molecular weight excluding hydrogens is 332 g/mol. The van der Waals surface area contributed by atoms with Gasteiger partial charge in [-0.2, -0.15) is 0 Å². The summed E-state index contributed by atoms with van der Waals surface area (Å²) in [6.45, 7) is 6.12. The zero-order valence-corrected chi connectivity index (χ0v) is 15.4. The lowest BCUT2D eigenvalue weighted by atomic mass is 10.1. The molecule has 0 radical (unpaired) electrons. The minimum absolute atomic E-state index is 0.0316. The first-order valence-corrected chi connectivity index (χ1v) is 10.1. The number of hydrogen-bond donors (Lipinski definition) is 1. The molecule has 1 aromatic carbocycles. The average Bonchev–Trinajstić information content (AvgIpc) is 3.02. The fourth-order valence-corrected chi connectivity index (χ4v) is 4.67. The van der Waals surface area contributed by atoms with Gasteiger partial charge in [0.25, 0.3) is 5.56 Å². The lowest BCUT2D eigenvalue weighted by Gasteiger charge is -2.26. The number of fused-ring (bicyclic) bond motifs is 3. The van der Waals surface area contributed by atoms with Crippen LogP contribution < -0.4 is 5.56 Å². The first-order chi connectivity index (χ1) is 12.3. The number of para-hydroxylation sites is 1. The number of H-pyrrole nitrogens is 1. The van der Waals surface area contributed by atoms with E-state index in [1.807, 2.05) is 31.2 Å². The molecule has 0 aliphatic carbocycles. The molecule has 2 aromatic heterocycles. The van der Waals surface area contributed by atoms with Crippen molar-refractivity contribution >= 4 is 33.7 Å². The molecule has 1 fully saturated rings. The second kappa shape index (κ2) is 7.22. The molecule has 3 heterocycles. The molecule has 1 aliphatic heterocycles. The lowest BCUT2D eigenvalue weighted by Crippen LogP contribution is -2.31. The maximum atomic E-state index is 12.9. The van der Waals surface area contributed by atoms with Crippen molar-refractivity contribution < 1.29 is 0 Å². The standard InChI is InChI=1S/C19H24N4OS/c1-2-23-18(24)17-16(14-8-4-5-9-15(14)20-17)21-19(23)25-13-12-22-10-6-3-7-11-22/h4-5,8-9,20H,2-3,6-7,10-13H2,1H3. The Balaban J connectivity index is 1.64. The highest BCUT2D eigenvalue weighted by Gasteiger charge is 2.16. The summed E-state index contributed by atoms with van der Waals surface area (Å²) in [5, 5.41) is 1.86. The van der Waals surface area contributed by atoms with Crippen LogP contribution >= 0.6 is 11.8 Å². The molecule has 0 amide bonds. The number of aromatic amines is 1. The minimum Gasteiger partial charge on any atom is -0.349 e. The van der Waals surface area contributed by atoms with Crippen molar-refractivity contribution in [2.24, 2.45) is 0 Å². The van der Waals surface area contributed by atoms with E-state index in [9.17, 15) is 4.79 Å². The fourth-order valence-electron chi connectivity index (χ4n) is 3.61. The third-order valence-electron chi connectivity index (χ3n) is 4.98. The van der Waals surface area contributed by atoms with Crippen LogP contribution in [0.2, 0.25) is 0 Å². The summed E-state index contributed by atoms with van der Waals surface area (Å²) in [4.78, 5) is 23.5. The Morgan fingerprint density at radius 2 is 2.00 bits per heavy atom. The summed E-state index contributed by atoms with van der Waals surface area (Å²) in [5.41, 5.74) is 2.42. The number of hydrogen-bond acceptors (Lipinski definition) is 4. The largest absolute Gasteiger partial charge is 0.349 e. The molecule has 1 saturated heterocycles. The van der Waals surface area contributed by atoms with E-state index in [1.165, 1.54) is 32.4 Å². The molecule has 1 N–H and O–H groups in total. The van der Waals surface area contributed by atoms with Crippen LogP contribution in [0.1, 0.15) is 26.2 Å². The fraction of sp³-hybridized carbons (Fsp3) is 0.474. The minimum atomic E-state index is 0.0316. The van der Waals surface area contributed by atoms with Crippen LogP contribution in [-0.4, -0.2) is 44.8 Å². The van der Waals surface area contributed by atoms with Gasteiger partial charge in [-0.25, -0.2) is 4.98 Å². The third-order valence-corrected chi connectivity index (χ3v) is 5.94. The van der Waals surface area contributed by atoms with Crippen molar-refractivity contribution in [2.75, 3.05) is 25.4 Å². The number of likely N-dealkylation sites (tertiary alicyclic amines) is 1. The van der Waals surface area contributed by atoms with Crippen LogP contribution in [0.5, 0.6) is 0 Å². The SMILES string of the molecule is CCn1c(SCCN2CCCCC2)nc2c([nH]c3ccccc32)c1=O. The molecule has 3 aromatic rings. The monoisotopic (exact) mass is 356 g/mol. The molecule has 25 heavy (non-hydrogen) atoms. The van der Waals surface area contributed by atoms with Gasteiger partial charge in [0.15, 0.2) is 5.16 Å². The Morgan fingerprint density at radius 1 is 1.20 bits per heavy atom. The van der Waals surface area contributed by atoms with Crippen molar-refractivity contribution in [1.82, 2.24) is 19.4 Å². The van der Waals surface area contributed by atoms with Crippen molar-refractivity contribution in [3.63, 3.8) is 0 Å². The predicted molar refractivity (Wildman–Crippen MR) is 105 cm³/mol. The van der Waals surface area contributed by atoms with Crippen molar-refractivity contribution in [1.29, 1.82) is 0 Å². The molecule has 1 aliphatic rings. The number of benzene rings is 1. The smallest absolute Gasteiger partial charge is 0.278 e. The first kappa shape index (κ1) is 16.7. The van der Waals surface area contributed by atoms with Gasteiger partial charge >= 0.3 is 0 Å². The van der Waals surface area contributed by atoms with Crippen LogP contribution in [0.4, 0.5) is 0 Å². The summed E-state index contributed by atoms with van der Waals surface area (Å²) < 4.78 is 1.79. The summed E-state index contributed by atoms with van der Waals surface area (Å²) >= 11 is 1.70. The molecule has 0 atom stereocenters. The van der Waals surface area contributed by atoms with Crippen LogP contribution in [0.15, 0.2) is 34.2 Å². The van der Waals surface area contributed by atoms with Gasteiger partial charge in [-0.05, 0) is 38.9 Å². The zero-order chi connectivity index (χ0) is 17.2. The molecular formula is C19H24N4OS. The Morgan fingerprint density at radius 3 is 2.80 bits per heavy atom. The second-order valence-electron chi connectivity index (χ2n) is 6.59. The summed E-state index contributed by atoms with van der Waals surface area (Å²) in [6.07, 6.45) is 3.98. The summed E-state index contributed by atoms with van der Waals surface area (Å²) in [7, 11) is 0. The van der Waals surface area contributed by atoms with Crippen LogP contribution in [0, 0.1) is 0 Å². The summed E-state index contributed by atoms with van der Waals surface area (Å²) in [5.74, 6) is 0.973. The molecule has 0 spiro atoms.